The zero-order chi connectivity index (χ0) is 18.8. The molecular weight excluding hydrogens is 362 g/mol. The largest absolute Gasteiger partial charge is 0.361 e. The summed E-state index contributed by atoms with van der Waals surface area (Å²) in [7, 11) is 0. The molecule has 0 spiro atoms. The summed E-state index contributed by atoms with van der Waals surface area (Å²) >= 11 is 1.49. The molecule has 0 aliphatic heterocycles. The maximum absolute atomic E-state index is 12.9. The van der Waals surface area contributed by atoms with Gasteiger partial charge in [0.2, 0.25) is 0 Å². The maximum Gasteiger partial charge on any atom is 0.259 e. The number of rotatable bonds is 5. The lowest BCUT2D eigenvalue weighted by atomic mass is 10.2. The van der Waals surface area contributed by atoms with E-state index in [1.165, 1.54) is 11.8 Å². The summed E-state index contributed by atoms with van der Waals surface area (Å²) in [5, 5.41) is 7.57. The normalized spacial score (nSPS) is 11.0. The molecule has 0 bridgehead atoms. The number of nitrogens with one attached hydrogen (secondary N) is 1. The monoisotopic (exact) mass is 379 g/mol. The van der Waals surface area contributed by atoms with Gasteiger partial charge in [0.05, 0.1) is 11.3 Å². The zero-order valence-electron chi connectivity index (χ0n) is 14.8. The smallest absolute Gasteiger partial charge is 0.259 e. The number of hydrogen-bond donors (Lipinski definition) is 1. The summed E-state index contributed by atoms with van der Waals surface area (Å²) in [5.41, 5.74) is 3.17. The molecule has 1 amide bonds. The molecule has 4 aromatic heterocycles. The molecular formula is C19H17N5O2S. The molecule has 0 fully saturated rings. The van der Waals surface area contributed by atoms with Crippen molar-refractivity contribution in [3.8, 4) is 0 Å². The third-order valence-electron chi connectivity index (χ3n) is 4.22. The van der Waals surface area contributed by atoms with Gasteiger partial charge < -0.3 is 9.84 Å². The first-order valence-corrected chi connectivity index (χ1v) is 9.35. The van der Waals surface area contributed by atoms with E-state index in [9.17, 15) is 4.79 Å². The lowest BCUT2D eigenvalue weighted by Gasteiger charge is -2.10. The fourth-order valence-corrected chi connectivity index (χ4v) is 3.91. The van der Waals surface area contributed by atoms with E-state index < -0.39 is 0 Å². The van der Waals surface area contributed by atoms with Gasteiger partial charge in [-0.2, -0.15) is 0 Å². The van der Waals surface area contributed by atoms with Crippen molar-refractivity contribution >= 4 is 29.1 Å². The fourth-order valence-electron chi connectivity index (χ4n) is 2.76. The molecule has 4 aromatic rings. The van der Waals surface area contributed by atoms with Crippen molar-refractivity contribution < 1.29 is 9.32 Å². The first kappa shape index (κ1) is 17.3. The molecule has 7 nitrogen and oxygen atoms in total. The number of aromatic nitrogens is 4. The van der Waals surface area contributed by atoms with Crippen LogP contribution in [0.4, 0.5) is 5.82 Å². The number of carbonyl (C=O) groups is 1. The third kappa shape index (κ3) is 3.43. The van der Waals surface area contributed by atoms with Gasteiger partial charge in [0.25, 0.3) is 5.91 Å². The molecule has 0 saturated heterocycles. The molecule has 0 aliphatic rings. The highest BCUT2D eigenvalue weighted by Gasteiger charge is 2.16. The summed E-state index contributed by atoms with van der Waals surface area (Å²) in [6.45, 7) is 3.79. The Bertz CT molecular complexity index is 1100. The second-order valence-electron chi connectivity index (χ2n) is 5.97. The number of imidazole rings is 1. The van der Waals surface area contributed by atoms with E-state index in [-0.39, 0.29) is 5.91 Å². The van der Waals surface area contributed by atoms with Crippen molar-refractivity contribution in [2.45, 2.75) is 24.6 Å². The Morgan fingerprint density at radius 2 is 2.07 bits per heavy atom. The van der Waals surface area contributed by atoms with Gasteiger partial charge in [0.1, 0.15) is 22.3 Å². The second kappa shape index (κ2) is 7.24. The average molecular weight is 379 g/mol. The van der Waals surface area contributed by atoms with Gasteiger partial charge in [0, 0.05) is 29.9 Å². The van der Waals surface area contributed by atoms with Gasteiger partial charge in [-0.15, -0.1) is 11.8 Å². The summed E-state index contributed by atoms with van der Waals surface area (Å²) in [4.78, 5) is 21.5. The minimum Gasteiger partial charge on any atom is -0.361 e. The Balaban J connectivity index is 1.57. The highest BCUT2D eigenvalue weighted by molar-refractivity contribution is 7.98. The van der Waals surface area contributed by atoms with Crippen LogP contribution in [0.2, 0.25) is 0 Å². The molecule has 8 heteroatoms. The van der Waals surface area contributed by atoms with E-state index in [2.05, 4.69) is 20.4 Å². The van der Waals surface area contributed by atoms with Crippen molar-refractivity contribution in [1.29, 1.82) is 0 Å². The van der Waals surface area contributed by atoms with Crippen molar-refractivity contribution in [2.75, 3.05) is 5.32 Å². The SMILES string of the molecule is Cc1noc(C)c1CSc1ncccc1C(=O)Nc1cccc2nccn12. The summed E-state index contributed by atoms with van der Waals surface area (Å²) in [5.74, 6) is 1.86. The number of nitrogens with zero attached hydrogens (tertiary/aromatic N) is 4. The van der Waals surface area contributed by atoms with Crippen molar-refractivity contribution in [3.63, 3.8) is 0 Å². The van der Waals surface area contributed by atoms with Crippen LogP contribution in [-0.4, -0.2) is 25.4 Å². The van der Waals surface area contributed by atoms with Gasteiger partial charge in [-0.05, 0) is 38.1 Å². The summed E-state index contributed by atoms with van der Waals surface area (Å²) in [6.07, 6.45) is 5.18. The van der Waals surface area contributed by atoms with E-state index in [0.717, 1.165) is 22.7 Å². The van der Waals surface area contributed by atoms with Crippen molar-refractivity contribution in [2.24, 2.45) is 0 Å². The number of anilines is 1. The Labute approximate surface area is 159 Å². The van der Waals surface area contributed by atoms with Crippen LogP contribution < -0.4 is 5.32 Å². The van der Waals surface area contributed by atoms with E-state index in [1.54, 1.807) is 30.7 Å². The van der Waals surface area contributed by atoms with E-state index in [4.69, 9.17) is 4.52 Å². The molecule has 27 heavy (non-hydrogen) atoms. The topological polar surface area (TPSA) is 85.3 Å². The first-order valence-electron chi connectivity index (χ1n) is 8.36. The summed E-state index contributed by atoms with van der Waals surface area (Å²) in [6, 6.07) is 9.09. The maximum atomic E-state index is 12.9. The van der Waals surface area contributed by atoms with Gasteiger partial charge in [-0.3, -0.25) is 9.20 Å². The van der Waals surface area contributed by atoms with Crippen molar-refractivity contribution in [3.05, 3.63) is 71.5 Å². The quantitative estimate of drug-likeness (QED) is 0.530. The second-order valence-corrected chi connectivity index (χ2v) is 6.93. The molecule has 0 radical (unpaired) electrons. The molecule has 0 aromatic carbocycles. The Kier molecular flexibility index (Phi) is 4.64. The Hall–Kier alpha value is -3.13. The van der Waals surface area contributed by atoms with Crippen LogP contribution in [-0.2, 0) is 5.75 Å². The number of carbonyl (C=O) groups excluding carboxylic acids is 1. The lowest BCUT2D eigenvalue weighted by molar-refractivity contribution is 0.102. The summed E-state index contributed by atoms with van der Waals surface area (Å²) < 4.78 is 7.03. The Morgan fingerprint density at radius 1 is 1.19 bits per heavy atom. The van der Waals surface area contributed by atoms with Crippen LogP contribution >= 0.6 is 11.8 Å². The highest BCUT2D eigenvalue weighted by Crippen LogP contribution is 2.27. The molecule has 0 saturated carbocycles. The predicted molar refractivity (Wildman–Crippen MR) is 103 cm³/mol. The third-order valence-corrected chi connectivity index (χ3v) is 5.25. The molecule has 0 unspecified atom stereocenters. The molecule has 0 atom stereocenters. The van der Waals surface area contributed by atoms with E-state index >= 15 is 0 Å². The van der Waals surface area contributed by atoms with Gasteiger partial charge >= 0.3 is 0 Å². The predicted octanol–water partition coefficient (Wildman–Crippen LogP) is 3.88. The molecule has 0 aliphatic carbocycles. The van der Waals surface area contributed by atoms with Crippen LogP contribution in [0.5, 0.6) is 0 Å². The minimum absolute atomic E-state index is 0.217. The minimum atomic E-state index is -0.217. The van der Waals surface area contributed by atoms with Crippen LogP contribution in [0.1, 0.15) is 27.4 Å². The van der Waals surface area contributed by atoms with Crippen LogP contribution in [0.3, 0.4) is 0 Å². The number of amides is 1. The molecule has 4 rings (SSSR count). The number of fused-ring (bicyclic) bond motifs is 1. The van der Waals surface area contributed by atoms with Gasteiger partial charge in [-0.25, -0.2) is 9.97 Å². The van der Waals surface area contributed by atoms with Gasteiger partial charge in [0.15, 0.2) is 0 Å². The van der Waals surface area contributed by atoms with Crippen LogP contribution in [0.15, 0.2) is 58.5 Å². The number of thioether (sulfide) groups is 1. The Morgan fingerprint density at radius 3 is 2.89 bits per heavy atom. The van der Waals surface area contributed by atoms with Crippen LogP contribution in [0, 0.1) is 13.8 Å². The number of hydrogen-bond acceptors (Lipinski definition) is 6. The molecule has 1 N–H and O–H groups in total. The lowest BCUT2D eigenvalue weighted by Crippen LogP contribution is -2.15. The van der Waals surface area contributed by atoms with Gasteiger partial charge in [-0.1, -0.05) is 11.2 Å². The standard InChI is InChI=1S/C19H17N5O2S/c1-12-15(13(2)26-23-12)11-27-19-14(5-4-8-21-19)18(25)22-17-7-3-6-16-20-9-10-24(16)17/h3-10H,11H2,1-2H3,(H,22,25). The highest BCUT2D eigenvalue weighted by atomic mass is 32.2. The molecule has 4 heterocycles. The van der Waals surface area contributed by atoms with Crippen molar-refractivity contribution in [1.82, 2.24) is 19.5 Å². The van der Waals surface area contributed by atoms with Crippen LogP contribution in [0.25, 0.3) is 5.65 Å². The molecule has 136 valence electrons. The fraction of sp³-hybridized carbons (Fsp3) is 0.158. The zero-order valence-corrected chi connectivity index (χ0v) is 15.7. The first-order chi connectivity index (χ1) is 13.1. The van der Waals surface area contributed by atoms with E-state index in [1.807, 2.05) is 36.4 Å². The van der Waals surface area contributed by atoms with E-state index in [0.29, 0.717) is 22.2 Å². The number of pyridine rings is 2. The average Bonchev–Trinajstić information content (AvgIpc) is 3.28. The number of aryl methyl sites for hydroxylation is 2.